The van der Waals surface area contributed by atoms with Crippen LogP contribution < -0.4 is 5.32 Å². The fourth-order valence-corrected chi connectivity index (χ4v) is 2.35. The summed E-state index contributed by atoms with van der Waals surface area (Å²) >= 11 is 3.34. The van der Waals surface area contributed by atoms with E-state index in [1.807, 2.05) is 13.0 Å². The Morgan fingerprint density at radius 3 is 2.58 bits per heavy atom. The lowest BCUT2D eigenvalue weighted by Gasteiger charge is -2.08. The Morgan fingerprint density at radius 2 is 1.92 bits per heavy atom. The second kappa shape index (κ2) is 8.40. The van der Waals surface area contributed by atoms with Crippen molar-refractivity contribution in [3.8, 4) is 0 Å². The van der Waals surface area contributed by atoms with Gasteiger partial charge < -0.3 is 10.1 Å². The first-order valence-electron chi connectivity index (χ1n) is 7.10. The number of rotatable bonds is 5. The summed E-state index contributed by atoms with van der Waals surface area (Å²) in [6.45, 7) is 1.47. The molecule has 0 aliphatic carbocycles. The molecule has 0 aromatic heterocycles. The van der Waals surface area contributed by atoms with E-state index >= 15 is 0 Å². The second-order valence-electron chi connectivity index (χ2n) is 5.00. The van der Waals surface area contributed by atoms with E-state index in [1.165, 1.54) is 36.4 Å². The molecule has 0 heterocycles. The third-order valence-electron chi connectivity index (χ3n) is 3.09. The third-order valence-corrected chi connectivity index (χ3v) is 3.58. The maximum absolute atomic E-state index is 12.8. The van der Waals surface area contributed by atoms with Gasteiger partial charge >= 0.3 is 5.97 Å². The summed E-state index contributed by atoms with van der Waals surface area (Å²) in [5.41, 5.74) is 2.20. The number of hydrogen-bond donors (Lipinski definition) is 1. The molecule has 0 spiro atoms. The normalized spacial score (nSPS) is 10.6. The van der Waals surface area contributed by atoms with E-state index in [1.54, 1.807) is 12.1 Å². The van der Waals surface area contributed by atoms with Gasteiger partial charge in [0.25, 0.3) is 5.91 Å². The SMILES string of the molecule is Cc1cc(Br)ccc1NC(=O)COC(=O)/C=C/c1ccc(F)cc1. The molecule has 0 saturated heterocycles. The molecule has 124 valence electrons. The Labute approximate surface area is 147 Å². The van der Waals surface area contributed by atoms with Crippen LogP contribution >= 0.6 is 15.9 Å². The molecule has 0 atom stereocenters. The van der Waals surface area contributed by atoms with Crippen LogP contribution in [0, 0.1) is 12.7 Å². The van der Waals surface area contributed by atoms with Crippen molar-refractivity contribution >= 4 is 39.6 Å². The Hall–Kier alpha value is -2.47. The highest BCUT2D eigenvalue weighted by Gasteiger charge is 2.07. The van der Waals surface area contributed by atoms with Crippen LogP contribution in [0.15, 0.2) is 53.0 Å². The van der Waals surface area contributed by atoms with Crippen molar-refractivity contribution in [3.05, 3.63) is 70.0 Å². The van der Waals surface area contributed by atoms with E-state index in [-0.39, 0.29) is 12.4 Å². The van der Waals surface area contributed by atoms with Gasteiger partial charge in [-0.3, -0.25) is 4.79 Å². The molecule has 2 aromatic rings. The van der Waals surface area contributed by atoms with E-state index in [0.717, 1.165) is 10.0 Å². The Kier molecular flexibility index (Phi) is 6.26. The van der Waals surface area contributed by atoms with Gasteiger partial charge in [0.1, 0.15) is 5.82 Å². The summed E-state index contributed by atoms with van der Waals surface area (Å²) < 4.78 is 18.5. The smallest absolute Gasteiger partial charge is 0.331 e. The first-order chi connectivity index (χ1) is 11.4. The molecular formula is C18H15BrFNO3. The van der Waals surface area contributed by atoms with Crippen LogP contribution in [-0.4, -0.2) is 18.5 Å². The van der Waals surface area contributed by atoms with E-state index in [0.29, 0.717) is 11.3 Å². The fraction of sp³-hybridized carbons (Fsp3) is 0.111. The molecule has 24 heavy (non-hydrogen) atoms. The molecule has 0 unspecified atom stereocenters. The zero-order valence-electron chi connectivity index (χ0n) is 12.9. The number of amides is 1. The monoisotopic (exact) mass is 391 g/mol. The quantitative estimate of drug-likeness (QED) is 0.616. The van der Waals surface area contributed by atoms with E-state index < -0.39 is 11.9 Å². The topological polar surface area (TPSA) is 55.4 Å². The first kappa shape index (κ1) is 17.9. The minimum Gasteiger partial charge on any atom is -0.452 e. The highest BCUT2D eigenvalue weighted by molar-refractivity contribution is 9.10. The summed E-state index contributed by atoms with van der Waals surface area (Å²) in [6.07, 6.45) is 2.67. The van der Waals surface area contributed by atoms with Gasteiger partial charge in [-0.15, -0.1) is 0 Å². The molecule has 0 aliphatic heterocycles. The number of aryl methyl sites for hydroxylation is 1. The van der Waals surface area contributed by atoms with Gasteiger partial charge in [-0.1, -0.05) is 28.1 Å². The van der Waals surface area contributed by atoms with Gasteiger partial charge in [0, 0.05) is 16.2 Å². The third kappa shape index (κ3) is 5.62. The largest absolute Gasteiger partial charge is 0.452 e. The molecular weight excluding hydrogens is 377 g/mol. The fourth-order valence-electron chi connectivity index (χ4n) is 1.88. The highest BCUT2D eigenvalue weighted by Crippen LogP contribution is 2.19. The van der Waals surface area contributed by atoms with Crippen molar-refractivity contribution in [2.75, 3.05) is 11.9 Å². The van der Waals surface area contributed by atoms with Crippen molar-refractivity contribution in [3.63, 3.8) is 0 Å². The van der Waals surface area contributed by atoms with E-state index in [4.69, 9.17) is 4.74 Å². The van der Waals surface area contributed by atoms with Crippen LogP contribution in [0.2, 0.25) is 0 Å². The number of hydrogen-bond acceptors (Lipinski definition) is 3. The lowest BCUT2D eigenvalue weighted by Crippen LogP contribution is -2.20. The molecule has 6 heteroatoms. The summed E-state index contributed by atoms with van der Waals surface area (Å²) in [5, 5.41) is 2.67. The van der Waals surface area contributed by atoms with Crippen LogP contribution in [0.5, 0.6) is 0 Å². The van der Waals surface area contributed by atoms with E-state index in [9.17, 15) is 14.0 Å². The van der Waals surface area contributed by atoms with Crippen molar-refractivity contribution in [1.29, 1.82) is 0 Å². The molecule has 2 aromatic carbocycles. The molecule has 1 amide bonds. The maximum atomic E-state index is 12.8. The van der Waals surface area contributed by atoms with Crippen LogP contribution in [0.25, 0.3) is 6.08 Å². The highest BCUT2D eigenvalue weighted by atomic mass is 79.9. The standard InChI is InChI=1S/C18H15BrFNO3/c1-12-10-14(19)5-8-16(12)21-17(22)11-24-18(23)9-4-13-2-6-15(20)7-3-13/h2-10H,11H2,1H3,(H,21,22)/b9-4+. The lowest BCUT2D eigenvalue weighted by molar-refractivity contribution is -0.142. The number of ether oxygens (including phenoxy) is 1. The summed E-state index contributed by atoms with van der Waals surface area (Å²) in [7, 11) is 0. The van der Waals surface area contributed by atoms with Crippen molar-refractivity contribution in [2.24, 2.45) is 0 Å². The molecule has 0 aliphatic rings. The van der Waals surface area contributed by atoms with Crippen molar-refractivity contribution in [1.82, 2.24) is 0 Å². The molecule has 0 bridgehead atoms. The van der Waals surface area contributed by atoms with Crippen molar-refractivity contribution < 1.29 is 18.7 Å². The minimum absolute atomic E-state index is 0.352. The zero-order chi connectivity index (χ0) is 17.5. The van der Waals surface area contributed by atoms with Gasteiger partial charge in [0.15, 0.2) is 6.61 Å². The number of nitrogens with one attached hydrogen (secondary N) is 1. The average Bonchev–Trinajstić information content (AvgIpc) is 2.55. The number of carbonyl (C=O) groups is 2. The number of esters is 1. The van der Waals surface area contributed by atoms with Crippen LogP contribution in [-0.2, 0) is 14.3 Å². The second-order valence-corrected chi connectivity index (χ2v) is 5.92. The Balaban J connectivity index is 1.82. The Morgan fingerprint density at radius 1 is 1.21 bits per heavy atom. The van der Waals surface area contributed by atoms with Crippen molar-refractivity contribution in [2.45, 2.75) is 6.92 Å². The van der Waals surface area contributed by atoms with Crippen LogP contribution in [0.1, 0.15) is 11.1 Å². The van der Waals surface area contributed by atoms with E-state index in [2.05, 4.69) is 21.2 Å². The van der Waals surface area contributed by atoms with Gasteiger partial charge in [-0.2, -0.15) is 0 Å². The minimum atomic E-state index is -0.651. The average molecular weight is 392 g/mol. The van der Waals surface area contributed by atoms with Crippen LogP contribution in [0.3, 0.4) is 0 Å². The number of carbonyl (C=O) groups excluding carboxylic acids is 2. The van der Waals surface area contributed by atoms with Crippen LogP contribution in [0.4, 0.5) is 10.1 Å². The van der Waals surface area contributed by atoms with Gasteiger partial charge in [-0.05, 0) is 54.5 Å². The molecule has 2 rings (SSSR count). The van der Waals surface area contributed by atoms with Gasteiger partial charge in [0.05, 0.1) is 0 Å². The zero-order valence-corrected chi connectivity index (χ0v) is 14.5. The lowest BCUT2D eigenvalue weighted by atomic mass is 10.2. The summed E-state index contributed by atoms with van der Waals surface area (Å²) in [4.78, 5) is 23.4. The molecule has 0 fully saturated rings. The van der Waals surface area contributed by atoms with Gasteiger partial charge in [0.2, 0.25) is 0 Å². The van der Waals surface area contributed by atoms with Gasteiger partial charge in [-0.25, -0.2) is 9.18 Å². The first-order valence-corrected chi connectivity index (χ1v) is 7.90. The number of anilines is 1. The predicted molar refractivity (Wildman–Crippen MR) is 93.9 cm³/mol. The molecule has 1 N–H and O–H groups in total. The number of halogens is 2. The molecule has 0 saturated carbocycles. The summed E-state index contributed by atoms with van der Waals surface area (Å²) in [6, 6.07) is 11.1. The summed E-state index contributed by atoms with van der Waals surface area (Å²) in [5.74, 6) is -1.43. The molecule has 0 radical (unpaired) electrons. The maximum Gasteiger partial charge on any atom is 0.331 e. The molecule has 4 nitrogen and oxygen atoms in total. The Bertz CT molecular complexity index is 772. The number of benzene rings is 2. The predicted octanol–water partition coefficient (Wildman–Crippen LogP) is 4.09.